The number of halogens is 3. The van der Waals surface area contributed by atoms with Crippen LogP contribution < -0.4 is 0 Å². The van der Waals surface area contributed by atoms with Crippen LogP contribution in [-0.2, 0) is 17.5 Å². The van der Waals surface area contributed by atoms with Gasteiger partial charge in [-0.15, -0.1) is 0 Å². The third-order valence-corrected chi connectivity index (χ3v) is 2.94. The molecule has 5 heteroatoms. The fourth-order valence-corrected chi connectivity index (χ4v) is 1.71. The molecule has 2 aromatic rings. The molecule has 0 saturated heterocycles. The van der Waals surface area contributed by atoms with Gasteiger partial charge in [0.15, 0.2) is 0 Å². The minimum absolute atomic E-state index is 0.0835. The van der Waals surface area contributed by atoms with Crippen LogP contribution in [0.5, 0.6) is 0 Å². The standard InChI is InChI=1S/C16H13F3O2/c1-11-2-4-12(5-3-11)10-21-15(20)13-6-8-14(9-7-13)16(17,18)19/h2-9H,10H2,1H3. The van der Waals surface area contributed by atoms with Crippen LogP contribution in [0.3, 0.4) is 0 Å². The first-order valence-corrected chi connectivity index (χ1v) is 6.26. The largest absolute Gasteiger partial charge is 0.457 e. The Bertz CT molecular complexity index is 613. The summed E-state index contributed by atoms with van der Waals surface area (Å²) >= 11 is 0. The maximum Gasteiger partial charge on any atom is 0.416 e. The third-order valence-electron chi connectivity index (χ3n) is 2.94. The number of alkyl halides is 3. The van der Waals surface area contributed by atoms with Crippen LogP contribution in [0.4, 0.5) is 13.2 Å². The second-order valence-electron chi connectivity index (χ2n) is 4.64. The van der Waals surface area contributed by atoms with E-state index in [1.165, 1.54) is 0 Å². The van der Waals surface area contributed by atoms with Gasteiger partial charge in [-0.1, -0.05) is 29.8 Å². The van der Waals surface area contributed by atoms with Crippen molar-refractivity contribution in [1.29, 1.82) is 0 Å². The molecule has 0 radical (unpaired) electrons. The second-order valence-corrected chi connectivity index (χ2v) is 4.64. The smallest absolute Gasteiger partial charge is 0.416 e. The predicted octanol–water partition coefficient (Wildman–Crippen LogP) is 4.37. The highest BCUT2D eigenvalue weighted by molar-refractivity contribution is 5.89. The van der Waals surface area contributed by atoms with Crippen LogP contribution in [0.2, 0.25) is 0 Å². The Kier molecular flexibility index (Phi) is 4.31. The van der Waals surface area contributed by atoms with E-state index in [1.807, 2.05) is 31.2 Å². The third kappa shape index (κ3) is 4.08. The molecule has 2 nitrogen and oxygen atoms in total. The van der Waals surface area contributed by atoms with Crippen molar-refractivity contribution in [3.8, 4) is 0 Å². The van der Waals surface area contributed by atoms with Gasteiger partial charge < -0.3 is 4.74 Å². The van der Waals surface area contributed by atoms with Crippen LogP contribution in [0.1, 0.15) is 27.0 Å². The topological polar surface area (TPSA) is 26.3 Å². The summed E-state index contributed by atoms with van der Waals surface area (Å²) in [5, 5.41) is 0. The quantitative estimate of drug-likeness (QED) is 0.786. The van der Waals surface area contributed by atoms with Crippen molar-refractivity contribution in [3.63, 3.8) is 0 Å². The average Bonchev–Trinajstić information content (AvgIpc) is 2.45. The van der Waals surface area contributed by atoms with Gasteiger partial charge in [0.2, 0.25) is 0 Å². The monoisotopic (exact) mass is 294 g/mol. The van der Waals surface area contributed by atoms with Gasteiger partial charge >= 0.3 is 12.1 Å². The van der Waals surface area contributed by atoms with Crippen LogP contribution >= 0.6 is 0 Å². The summed E-state index contributed by atoms with van der Waals surface area (Å²) in [5.74, 6) is -0.649. The van der Waals surface area contributed by atoms with E-state index in [-0.39, 0.29) is 12.2 Å². The minimum Gasteiger partial charge on any atom is -0.457 e. The van der Waals surface area contributed by atoms with Crippen molar-refractivity contribution in [2.75, 3.05) is 0 Å². The summed E-state index contributed by atoms with van der Waals surface area (Å²) < 4.78 is 42.3. The Balaban J connectivity index is 1.99. The molecule has 0 bridgehead atoms. The lowest BCUT2D eigenvalue weighted by atomic mass is 10.1. The van der Waals surface area contributed by atoms with E-state index in [2.05, 4.69) is 0 Å². The molecule has 0 aliphatic carbocycles. The molecule has 2 rings (SSSR count). The number of carbonyl (C=O) groups is 1. The Morgan fingerprint density at radius 3 is 2.10 bits per heavy atom. The first-order chi connectivity index (χ1) is 9.86. The highest BCUT2D eigenvalue weighted by atomic mass is 19.4. The van der Waals surface area contributed by atoms with Gasteiger partial charge in [0, 0.05) is 0 Å². The molecule has 21 heavy (non-hydrogen) atoms. The van der Waals surface area contributed by atoms with E-state index in [9.17, 15) is 18.0 Å². The number of rotatable bonds is 3. The summed E-state index contributed by atoms with van der Waals surface area (Å²) in [6.45, 7) is 2.03. The summed E-state index contributed by atoms with van der Waals surface area (Å²) in [4.78, 5) is 11.7. The Labute approximate surface area is 120 Å². The van der Waals surface area contributed by atoms with Gasteiger partial charge in [0.25, 0.3) is 0 Å². The molecule has 0 fully saturated rings. The summed E-state index contributed by atoms with van der Waals surface area (Å²) in [7, 11) is 0. The van der Waals surface area contributed by atoms with Crippen molar-refractivity contribution >= 4 is 5.97 Å². The molecule has 2 aromatic carbocycles. The number of esters is 1. The average molecular weight is 294 g/mol. The fraction of sp³-hybridized carbons (Fsp3) is 0.188. The van der Waals surface area contributed by atoms with E-state index < -0.39 is 17.7 Å². The van der Waals surface area contributed by atoms with Gasteiger partial charge in [-0.05, 0) is 36.8 Å². The second kappa shape index (κ2) is 5.99. The molecule has 0 amide bonds. The zero-order valence-electron chi connectivity index (χ0n) is 11.3. The SMILES string of the molecule is Cc1ccc(COC(=O)c2ccc(C(F)(F)F)cc2)cc1. The molecule has 0 aliphatic rings. The number of carbonyl (C=O) groups excluding carboxylic acids is 1. The molecule has 0 aromatic heterocycles. The highest BCUT2D eigenvalue weighted by Crippen LogP contribution is 2.29. The molecule has 0 saturated carbocycles. The fourth-order valence-electron chi connectivity index (χ4n) is 1.71. The van der Waals surface area contributed by atoms with Crippen molar-refractivity contribution < 1.29 is 22.7 Å². The van der Waals surface area contributed by atoms with Crippen molar-refractivity contribution in [1.82, 2.24) is 0 Å². The minimum atomic E-state index is -4.41. The predicted molar refractivity (Wildman–Crippen MR) is 71.7 cm³/mol. The molecular formula is C16H13F3O2. The molecule has 110 valence electrons. The van der Waals surface area contributed by atoms with E-state index in [0.29, 0.717) is 0 Å². The molecule has 0 N–H and O–H groups in total. The maximum absolute atomic E-state index is 12.4. The number of hydrogen-bond donors (Lipinski definition) is 0. The van der Waals surface area contributed by atoms with Crippen molar-refractivity contribution in [3.05, 3.63) is 70.8 Å². The maximum atomic E-state index is 12.4. The zero-order valence-corrected chi connectivity index (χ0v) is 11.3. The molecule has 0 aliphatic heterocycles. The van der Waals surface area contributed by atoms with Gasteiger partial charge in [0.1, 0.15) is 6.61 Å². The Morgan fingerprint density at radius 1 is 1.00 bits per heavy atom. The van der Waals surface area contributed by atoms with Gasteiger partial charge in [-0.3, -0.25) is 0 Å². The molecule has 0 unspecified atom stereocenters. The lowest BCUT2D eigenvalue weighted by Gasteiger charge is -2.08. The Morgan fingerprint density at radius 2 is 1.57 bits per heavy atom. The van der Waals surface area contributed by atoms with E-state index in [4.69, 9.17) is 4.74 Å². The molecule has 0 atom stereocenters. The Hall–Kier alpha value is -2.30. The van der Waals surface area contributed by atoms with Crippen molar-refractivity contribution in [2.24, 2.45) is 0 Å². The normalized spacial score (nSPS) is 11.2. The zero-order chi connectivity index (χ0) is 15.5. The van der Waals surface area contributed by atoms with Crippen LogP contribution in [0, 0.1) is 6.92 Å². The number of ether oxygens (including phenoxy) is 1. The molecular weight excluding hydrogens is 281 g/mol. The van der Waals surface area contributed by atoms with E-state index in [1.54, 1.807) is 0 Å². The lowest BCUT2D eigenvalue weighted by Crippen LogP contribution is -2.08. The lowest BCUT2D eigenvalue weighted by molar-refractivity contribution is -0.137. The van der Waals surface area contributed by atoms with Gasteiger partial charge in [-0.2, -0.15) is 13.2 Å². The van der Waals surface area contributed by atoms with E-state index in [0.717, 1.165) is 35.4 Å². The number of benzene rings is 2. The van der Waals surface area contributed by atoms with Crippen molar-refractivity contribution in [2.45, 2.75) is 19.7 Å². The summed E-state index contributed by atoms with van der Waals surface area (Å²) in [6.07, 6.45) is -4.41. The summed E-state index contributed by atoms with van der Waals surface area (Å²) in [6, 6.07) is 11.4. The first kappa shape index (κ1) is 15.1. The summed E-state index contributed by atoms with van der Waals surface area (Å²) in [5.41, 5.74) is 1.21. The van der Waals surface area contributed by atoms with Crippen LogP contribution in [0.25, 0.3) is 0 Å². The molecule has 0 heterocycles. The number of aryl methyl sites for hydroxylation is 1. The van der Waals surface area contributed by atoms with Gasteiger partial charge in [-0.25, -0.2) is 4.79 Å². The number of hydrogen-bond acceptors (Lipinski definition) is 2. The van der Waals surface area contributed by atoms with Crippen LogP contribution in [-0.4, -0.2) is 5.97 Å². The van der Waals surface area contributed by atoms with Gasteiger partial charge in [0.05, 0.1) is 11.1 Å². The first-order valence-electron chi connectivity index (χ1n) is 6.26. The highest BCUT2D eigenvalue weighted by Gasteiger charge is 2.30. The van der Waals surface area contributed by atoms with Crippen LogP contribution in [0.15, 0.2) is 48.5 Å². The molecule has 0 spiro atoms. The van der Waals surface area contributed by atoms with E-state index >= 15 is 0 Å².